The van der Waals surface area contributed by atoms with E-state index in [1.54, 1.807) is 30.3 Å². The monoisotopic (exact) mass is 600 g/mol. The first-order valence-corrected chi connectivity index (χ1v) is 11.6. The molecule has 0 fully saturated rings. The number of aromatic hydroxyl groups is 1. The molecule has 10 nitrogen and oxygen atoms in total. The third-order valence-corrected chi connectivity index (χ3v) is 5.92. The maximum atomic E-state index is 12.8. The maximum absolute atomic E-state index is 12.8. The Morgan fingerprint density at radius 2 is 1.97 bits per heavy atom. The number of ether oxygens (including phenoxy) is 4. The topological polar surface area (TPSA) is 136 Å². The SMILES string of the molecule is CO[C@H](CC/C=C/C(=O)NO)[C@H](OC(=O)Nc1ccc2c(c1)OCO2)c1cc(Br)cc(Br)c1O. The van der Waals surface area contributed by atoms with Gasteiger partial charge >= 0.3 is 6.09 Å². The number of amides is 2. The Morgan fingerprint density at radius 1 is 1.21 bits per heavy atom. The van der Waals surface area contributed by atoms with E-state index in [2.05, 4.69) is 37.2 Å². The lowest BCUT2D eigenvalue weighted by Crippen LogP contribution is -2.28. The number of fused-ring (bicyclic) bond motifs is 1. The second-order valence-electron chi connectivity index (χ2n) is 7.07. The highest BCUT2D eigenvalue weighted by atomic mass is 79.9. The van der Waals surface area contributed by atoms with Gasteiger partial charge in [-0.3, -0.25) is 15.3 Å². The standard InChI is InChI=1S/C22H22Br2N2O8/c1-31-17(4-2-3-5-19(27)26-30)21(14-8-12(23)9-15(24)20(14)28)34-22(29)25-13-6-7-16-18(10-13)33-11-32-16/h3,5-10,17,21,28,30H,2,4,11H2,1H3,(H,25,29)(H,26,27)/b5-3+/t17-,21-/m1/s1. The van der Waals surface area contributed by atoms with Gasteiger partial charge in [0, 0.05) is 35.0 Å². The number of nitrogens with one attached hydrogen (secondary N) is 2. The summed E-state index contributed by atoms with van der Waals surface area (Å²) >= 11 is 6.67. The molecule has 1 aliphatic heterocycles. The van der Waals surface area contributed by atoms with Crippen LogP contribution >= 0.6 is 31.9 Å². The number of carbonyl (C=O) groups is 2. The lowest BCUT2D eigenvalue weighted by atomic mass is 9.99. The second-order valence-corrected chi connectivity index (χ2v) is 8.84. The normalized spacial score (nSPS) is 14.0. The third kappa shape index (κ3) is 6.63. The summed E-state index contributed by atoms with van der Waals surface area (Å²) in [5.41, 5.74) is 2.25. The van der Waals surface area contributed by atoms with Gasteiger partial charge in [-0.2, -0.15) is 0 Å². The molecule has 2 atom stereocenters. The Balaban J connectivity index is 1.81. The average molecular weight is 602 g/mol. The number of anilines is 1. The van der Waals surface area contributed by atoms with Crippen molar-refractivity contribution >= 4 is 49.5 Å². The highest BCUT2D eigenvalue weighted by molar-refractivity contribution is 9.11. The molecule has 0 unspecified atom stereocenters. The van der Waals surface area contributed by atoms with E-state index in [0.29, 0.717) is 44.5 Å². The number of allylic oxidation sites excluding steroid dienone is 1. The summed E-state index contributed by atoms with van der Waals surface area (Å²) < 4.78 is 22.9. The molecular formula is C22H22Br2N2O8. The van der Waals surface area contributed by atoms with Crippen LogP contribution in [0.3, 0.4) is 0 Å². The molecule has 0 spiro atoms. The number of hydrogen-bond donors (Lipinski definition) is 4. The first-order chi connectivity index (χ1) is 16.3. The quantitative estimate of drug-likeness (QED) is 0.183. The molecule has 0 saturated heterocycles. The number of carbonyl (C=O) groups excluding carboxylic acids is 2. The van der Waals surface area contributed by atoms with E-state index >= 15 is 0 Å². The van der Waals surface area contributed by atoms with Gasteiger partial charge in [0.15, 0.2) is 17.6 Å². The molecule has 0 bridgehead atoms. The Morgan fingerprint density at radius 3 is 2.71 bits per heavy atom. The van der Waals surface area contributed by atoms with Crippen LogP contribution in [0, 0.1) is 0 Å². The highest BCUT2D eigenvalue weighted by Gasteiger charge is 2.30. The van der Waals surface area contributed by atoms with E-state index in [9.17, 15) is 14.7 Å². The van der Waals surface area contributed by atoms with Crippen molar-refractivity contribution in [3.05, 3.63) is 57.0 Å². The van der Waals surface area contributed by atoms with Crippen molar-refractivity contribution in [1.82, 2.24) is 5.48 Å². The van der Waals surface area contributed by atoms with Crippen LogP contribution < -0.4 is 20.3 Å². The van der Waals surface area contributed by atoms with Crippen LogP contribution in [0.25, 0.3) is 0 Å². The molecule has 34 heavy (non-hydrogen) atoms. The highest BCUT2D eigenvalue weighted by Crippen LogP contribution is 2.40. The molecule has 0 aromatic heterocycles. The number of phenols is 1. The number of rotatable bonds is 9. The number of methoxy groups -OCH3 is 1. The zero-order valence-electron chi connectivity index (χ0n) is 17.9. The lowest BCUT2D eigenvalue weighted by molar-refractivity contribution is -0.124. The van der Waals surface area contributed by atoms with Crippen LogP contribution in [0.2, 0.25) is 0 Å². The number of benzene rings is 2. The molecule has 4 N–H and O–H groups in total. The fourth-order valence-corrected chi connectivity index (χ4v) is 4.52. The number of halogens is 2. The van der Waals surface area contributed by atoms with Gasteiger partial charge in [0.1, 0.15) is 5.75 Å². The van der Waals surface area contributed by atoms with Gasteiger partial charge in [0.05, 0.1) is 10.6 Å². The molecule has 1 aliphatic rings. The van der Waals surface area contributed by atoms with Gasteiger partial charge < -0.3 is 24.1 Å². The molecule has 0 radical (unpaired) electrons. The van der Waals surface area contributed by atoms with E-state index in [1.807, 2.05) is 0 Å². The summed E-state index contributed by atoms with van der Waals surface area (Å²) in [6, 6.07) is 8.19. The average Bonchev–Trinajstić information content (AvgIpc) is 3.28. The fraction of sp³-hybridized carbons (Fsp3) is 0.273. The van der Waals surface area contributed by atoms with Crippen molar-refractivity contribution < 1.29 is 38.9 Å². The van der Waals surface area contributed by atoms with Crippen molar-refractivity contribution in [2.45, 2.75) is 25.0 Å². The largest absolute Gasteiger partial charge is 0.506 e. The molecule has 2 amide bonds. The van der Waals surface area contributed by atoms with E-state index in [4.69, 9.17) is 24.2 Å². The molecule has 12 heteroatoms. The van der Waals surface area contributed by atoms with Crippen LogP contribution in [-0.4, -0.2) is 42.3 Å². The second kappa shape index (κ2) is 12.1. The molecule has 2 aromatic carbocycles. The Hall–Kier alpha value is -2.80. The van der Waals surface area contributed by atoms with Crippen molar-refractivity contribution in [3.8, 4) is 17.2 Å². The first kappa shape index (κ1) is 25.8. The molecule has 2 aromatic rings. The van der Waals surface area contributed by atoms with Gasteiger partial charge in [0.2, 0.25) is 6.79 Å². The van der Waals surface area contributed by atoms with Gasteiger partial charge in [-0.25, -0.2) is 10.3 Å². The van der Waals surface area contributed by atoms with E-state index in [-0.39, 0.29) is 12.5 Å². The Labute approximate surface area is 212 Å². The predicted octanol–water partition coefficient (Wildman–Crippen LogP) is 4.79. The molecular weight excluding hydrogens is 580 g/mol. The van der Waals surface area contributed by atoms with Gasteiger partial charge in [-0.15, -0.1) is 0 Å². The lowest BCUT2D eigenvalue weighted by Gasteiger charge is -2.27. The van der Waals surface area contributed by atoms with Crippen molar-refractivity contribution in [2.24, 2.45) is 0 Å². The summed E-state index contributed by atoms with van der Waals surface area (Å²) in [7, 11) is 1.45. The molecule has 182 valence electrons. The maximum Gasteiger partial charge on any atom is 0.412 e. The van der Waals surface area contributed by atoms with Crippen LogP contribution in [0.5, 0.6) is 17.2 Å². The minimum absolute atomic E-state index is 0.103. The zero-order valence-corrected chi connectivity index (χ0v) is 21.1. The van der Waals surface area contributed by atoms with Crippen molar-refractivity contribution in [3.63, 3.8) is 0 Å². The predicted molar refractivity (Wildman–Crippen MR) is 128 cm³/mol. The fourth-order valence-electron chi connectivity index (χ4n) is 3.26. The minimum Gasteiger partial charge on any atom is -0.506 e. The number of phenolic OH excluding ortho intramolecular Hbond substituents is 1. The Kier molecular flexibility index (Phi) is 9.16. The van der Waals surface area contributed by atoms with Crippen LogP contribution in [0.15, 0.2) is 51.4 Å². The van der Waals surface area contributed by atoms with E-state index in [0.717, 1.165) is 0 Å². The summed E-state index contributed by atoms with van der Waals surface area (Å²) in [5, 5.41) is 21.9. The number of hydroxylamine groups is 1. The van der Waals surface area contributed by atoms with Gasteiger partial charge in [0.25, 0.3) is 5.91 Å². The van der Waals surface area contributed by atoms with E-state index < -0.39 is 24.2 Å². The zero-order chi connectivity index (χ0) is 24.7. The molecule has 1 heterocycles. The Bertz CT molecular complexity index is 1080. The van der Waals surface area contributed by atoms with Crippen molar-refractivity contribution in [2.75, 3.05) is 19.2 Å². The van der Waals surface area contributed by atoms with Gasteiger partial charge in [-0.05, 0) is 53.0 Å². The summed E-state index contributed by atoms with van der Waals surface area (Å²) in [4.78, 5) is 24.0. The first-order valence-electron chi connectivity index (χ1n) is 10.0. The minimum atomic E-state index is -1.01. The van der Waals surface area contributed by atoms with Gasteiger partial charge in [-0.1, -0.05) is 22.0 Å². The summed E-state index contributed by atoms with van der Waals surface area (Å²) in [6.07, 6.45) is 0.934. The smallest absolute Gasteiger partial charge is 0.412 e. The van der Waals surface area contributed by atoms with Crippen LogP contribution in [0.1, 0.15) is 24.5 Å². The summed E-state index contributed by atoms with van der Waals surface area (Å²) in [5.74, 6) is 0.291. The number of hydrogen-bond acceptors (Lipinski definition) is 8. The molecule has 3 rings (SSSR count). The third-order valence-electron chi connectivity index (χ3n) is 4.85. The van der Waals surface area contributed by atoms with E-state index in [1.165, 1.54) is 24.7 Å². The summed E-state index contributed by atoms with van der Waals surface area (Å²) in [6.45, 7) is 0.103. The molecule has 0 aliphatic carbocycles. The van der Waals surface area contributed by atoms with Crippen molar-refractivity contribution in [1.29, 1.82) is 0 Å². The van der Waals surface area contributed by atoms with Crippen LogP contribution in [-0.2, 0) is 14.3 Å². The van der Waals surface area contributed by atoms with Crippen LogP contribution in [0.4, 0.5) is 10.5 Å². The molecule has 0 saturated carbocycles.